The minimum Gasteiger partial charge on any atom is -0.454 e. The number of amides is 1. The molecular formula is C27H23NO6. The van der Waals surface area contributed by atoms with Crippen LogP contribution in [0, 0.1) is 0 Å². The van der Waals surface area contributed by atoms with Gasteiger partial charge >= 0.3 is 0 Å². The van der Waals surface area contributed by atoms with Crippen molar-refractivity contribution in [2.45, 2.75) is 14.0 Å². The molecule has 3 aromatic carbocycles. The van der Waals surface area contributed by atoms with Gasteiger partial charge in [0.2, 0.25) is 13.6 Å². The Morgan fingerprint density at radius 3 is 2.06 bits per heavy atom. The molecule has 2 aliphatic rings. The molecule has 7 heteroatoms. The molecule has 172 valence electrons. The molecule has 0 saturated carbocycles. The van der Waals surface area contributed by atoms with Crippen molar-refractivity contribution in [2.24, 2.45) is 0 Å². The molecule has 2 aliphatic heterocycles. The van der Waals surface area contributed by atoms with E-state index in [1.165, 1.54) is 0 Å². The zero-order valence-electron chi connectivity index (χ0n) is 17.5. The van der Waals surface area contributed by atoms with Crippen molar-refractivity contribution in [3.63, 3.8) is 0 Å². The van der Waals surface area contributed by atoms with Gasteiger partial charge in [0.1, 0.15) is 5.76 Å². The zero-order chi connectivity index (χ0) is 22.2. The number of fused-ring (bicyclic) bond motifs is 2. The van der Waals surface area contributed by atoms with E-state index in [0.717, 1.165) is 22.3 Å². The fraction of sp³-hybridized carbons (Fsp3) is 0.148. The van der Waals surface area contributed by atoms with Gasteiger partial charge in [-0.25, -0.2) is 0 Å². The summed E-state index contributed by atoms with van der Waals surface area (Å²) in [6.45, 7) is 0.768. The van der Waals surface area contributed by atoms with Gasteiger partial charge in [-0.05, 0) is 47.5 Å². The minimum absolute atomic E-state index is 0. The second-order valence-electron chi connectivity index (χ2n) is 7.66. The normalized spacial score (nSPS) is 12.8. The summed E-state index contributed by atoms with van der Waals surface area (Å²) in [5.74, 6) is 3.12. The predicted molar refractivity (Wildman–Crippen MR) is 126 cm³/mol. The Morgan fingerprint density at radius 1 is 0.735 bits per heavy atom. The molecule has 0 atom stereocenters. The molecular weight excluding hydrogens is 434 g/mol. The first-order chi connectivity index (χ1) is 16.2. The van der Waals surface area contributed by atoms with Crippen LogP contribution in [-0.4, -0.2) is 19.5 Å². The van der Waals surface area contributed by atoms with Crippen LogP contribution in [0.4, 0.5) is 0 Å². The van der Waals surface area contributed by atoms with Crippen LogP contribution < -0.4 is 24.3 Å². The van der Waals surface area contributed by atoms with E-state index < -0.39 is 0 Å². The first-order valence-corrected chi connectivity index (χ1v) is 10.5. The zero-order valence-corrected chi connectivity index (χ0v) is 17.5. The number of hydrogen-bond donors (Lipinski definition) is 1. The number of hydrogen-bond acceptors (Lipinski definition) is 6. The van der Waals surface area contributed by atoms with Crippen molar-refractivity contribution in [3.8, 4) is 45.4 Å². The van der Waals surface area contributed by atoms with E-state index in [-0.39, 0.29) is 32.7 Å². The summed E-state index contributed by atoms with van der Waals surface area (Å²) in [7, 11) is 0. The summed E-state index contributed by atoms with van der Waals surface area (Å²) in [6, 6.07) is 22.7. The number of rotatable bonds is 5. The molecule has 7 nitrogen and oxygen atoms in total. The minimum atomic E-state index is -0.298. The van der Waals surface area contributed by atoms with E-state index in [4.69, 9.17) is 23.4 Å². The molecule has 0 aliphatic carbocycles. The van der Waals surface area contributed by atoms with Gasteiger partial charge in [-0.3, -0.25) is 4.79 Å². The second kappa shape index (κ2) is 8.86. The number of nitrogens with one attached hydrogen (secondary N) is 1. The van der Waals surface area contributed by atoms with Gasteiger partial charge in [-0.1, -0.05) is 43.8 Å². The molecule has 4 aromatic rings. The molecule has 0 spiro atoms. The van der Waals surface area contributed by atoms with Gasteiger partial charge in [0.05, 0.1) is 0 Å². The molecule has 34 heavy (non-hydrogen) atoms. The molecule has 6 rings (SSSR count). The summed E-state index contributed by atoms with van der Waals surface area (Å²) < 4.78 is 28.0. The number of furan rings is 1. The highest BCUT2D eigenvalue weighted by molar-refractivity contribution is 5.95. The fourth-order valence-electron chi connectivity index (χ4n) is 3.90. The summed E-state index contributed by atoms with van der Waals surface area (Å²) in [5.41, 5.74) is 3.38. The summed E-state index contributed by atoms with van der Waals surface area (Å²) in [5, 5.41) is 2.92. The molecule has 0 unspecified atom stereocenters. The summed E-state index contributed by atoms with van der Waals surface area (Å²) in [4.78, 5) is 12.9. The maximum atomic E-state index is 12.9. The van der Waals surface area contributed by atoms with Crippen LogP contribution in [0.15, 0.2) is 77.2 Å². The van der Waals surface area contributed by atoms with E-state index in [1.807, 2.05) is 66.7 Å². The average molecular weight is 457 g/mol. The smallest absolute Gasteiger partial charge is 0.287 e. The van der Waals surface area contributed by atoms with E-state index in [0.29, 0.717) is 35.3 Å². The van der Waals surface area contributed by atoms with Gasteiger partial charge in [-0.15, -0.1) is 0 Å². The Kier molecular flexibility index (Phi) is 5.59. The highest BCUT2D eigenvalue weighted by Crippen LogP contribution is 2.43. The highest BCUT2D eigenvalue weighted by Gasteiger charge is 2.23. The first kappa shape index (κ1) is 21.5. The Morgan fingerprint density at radius 2 is 1.35 bits per heavy atom. The monoisotopic (exact) mass is 457 g/mol. The molecule has 1 N–H and O–H groups in total. The van der Waals surface area contributed by atoms with Crippen LogP contribution in [-0.2, 0) is 6.54 Å². The molecule has 3 heterocycles. The number of ether oxygens (including phenoxy) is 4. The quantitative estimate of drug-likeness (QED) is 0.418. The van der Waals surface area contributed by atoms with E-state index in [9.17, 15) is 4.79 Å². The van der Waals surface area contributed by atoms with E-state index >= 15 is 0 Å². The Balaban J connectivity index is 0.00000241. The van der Waals surface area contributed by atoms with Crippen LogP contribution in [0.3, 0.4) is 0 Å². The van der Waals surface area contributed by atoms with Crippen molar-refractivity contribution < 1.29 is 28.2 Å². The SMILES string of the molecule is C.O=C(NCc1ccccc1)c1cc(-c2ccc3c(c2)OCO3)c(-c2ccc3c(c2)OCO3)o1. The third-order valence-corrected chi connectivity index (χ3v) is 5.57. The Labute approximate surface area is 196 Å². The predicted octanol–water partition coefficient (Wildman–Crippen LogP) is 5.64. The standard InChI is InChI=1S/C26H19NO6.CH4/c28-26(27-13-16-4-2-1-3-5-16)24-12-19(17-6-8-20-22(10-17)31-14-29-20)25(33-24)18-7-9-21-23(11-18)32-15-30-21;/h1-12H,13-15H2,(H,27,28);1H4. The maximum absolute atomic E-state index is 12.9. The van der Waals surface area contributed by atoms with Gasteiger partial charge in [0.15, 0.2) is 28.8 Å². The Bertz CT molecular complexity index is 1270. The van der Waals surface area contributed by atoms with Crippen LogP contribution in [0.2, 0.25) is 0 Å². The average Bonchev–Trinajstić information content (AvgIpc) is 3.61. The van der Waals surface area contributed by atoms with Crippen LogP contribution in [0.25, 0.3) is 22.5 Å². The molecule has 1 aromatic heterocycles. The van der Waals surface area contributed by atoms with Crippen molar-refractivity contribution in [2.75, 3.05) is 13.6 Å². The lowest BCUT2D eigenvalue weighted by Gasteiger charge is -2.06. The van der Waals surface area contributed by atoms with E-state index in [2.05, 4.69) is 5.32 Å². The summed E-state index contributed by atoms with van der Waals surface area (Å²) >= 11 is 0. The number of benzene rings is 3. The third-order valence-electron chi connectivity index (χ3n) is 5.57. The maximum Gasteiger partial charge on any atom is 0.287 e. The van der Waals surface area contributed by atoms with Crippen molar-refractivity contribution >= 4 is 5.91 Å². The second-order valence-corrected chi connectivity index (χ2v) is 7.66. The van der Waals surface area contributed by atoms with Crippen molar-refractivity contribution in [3.05, 3.63) is 84.1 Å². The fourth-order valence-corrected chi connectivity index (χ4v) is 3.90. The molecule has 0 bridgehead atoms. The van der Waals surface area contributed by atoms with Crippen molar-refractivity contribution in [1.82, 2.24) is 5.32 Å². The van der Waals surface area contributed by atoms with Crippen LogP contribution in [0.1, 0.15) is 23.5 Å². The van der Waals surface area contributed by atoms with Crippen LogP contribution in [0.5, 0.6) is 23.0 Å². The van der Waals surface area contributed by atoms with Gasteiger partial charge in [0, 0.05) is 17.7 Å². The lowest BCUT2D eigenvalue weighted by atomic mass is 10.0. The number of carbonyl (C=O) groups excluding carboxylic acids is 1. The largest absolute Gasteiger partial charge is 0.454 e. The van der Waals surface area contributed by atoms with Crippen molar-refractivity contribution in [1.29, 1.82) is 0 Å². The lowest BCUT2D eigenvalue weighted by molar-refractivity contribution is 0.0924. The number of carbonyl (C=O) groups is 1. The molecule has 0 radical (unpaired) electrons. The molecule has 0 fully saturated rings. The molecule has 1 amide bonds. The first-order valence-electron chi connectivity index (χ1n) is 10.5. The van der Waals surface area contributed by atoms with E-state index in [1.54, 1.807) is 6.07 Å². The van der Waals surface area contributed by atoms with Crippen LogP contribution >= 0.6 is 0 Å². The van der Waals surface area contributed by atoms with Gasteiger partial charge in [-0.2, -0.15) is 0 Å². The highest BCUT2D eigenvalue weighted by atomic mass is 16.7. The van der Waals surface area contributed by atoms with Gasteiger partial charge in [0.25, 0.3) is 5.91 Å². The lowest BCUT2D eigenvalue weighted by Crippen LogP contribution is -2.22. The summed E-state index contributed by atoms with van der Waals surface area (Å²) in [6.07, 6.45) is 0. The molecule has 0 saturated heterocycles. The Hall–Kier alpha value is -4.39. The topological polar surface area (TPSA) is 79.2 Å². The van der Waals surface area contributed by atoms with Gasteiger partial charge < -0.3 is 28.7 Å². The third kappa shape index (κ3) is 3.92.